The summed E-state index contributed by atoms with van der Waals surface area (Å²) in [7, 11) is 1.36. The highest BCUT2D eigenvalue weighted by atomic mass is 35.5. The summed E-state index contributed by atoms with van der Waals surface area (Å²) in [5, 5.41) is 2.07. The first-order valence-corrected chi connectivity index (χ1v) is 8.96. The lowest BCUT2D eigenvalue weighted by molar-refractivity contribution is -0.153. The normalized spacial score (nSPS) is 24.9. The van der Waals surface area contributed by atoms with Crippen molar-refractivity contribution >= 4 is 23.5 Å². The third-order valence-electron chi connectivity index (χ3n) is 5.07. The minimum absolute atomic E-state index is 0.346. The molecule has 1 N–H and O–H groups in total. The van der Waals surface area contributed by atoms with E-state index in [4.69, 9.17) is 16.3 Å². The van der Waals surface area contributed by atoms with Crippen LogP contribution >= 0.6 is 11.6 Å². The molecule has 1 aromatic carbocycles. The van der Waals surface area contributed by atoms with Crippen LogP contribution in [0.2, 0.25) is 0 Å². The predicted molar refractivity (Wildman–Crippen MR) is 94.9 cm³/mol. The van der Waals surface area contributed by atoms with Gasteiger partial charge < -0.3 is 10.1 Å². The molecule has 2 rings (SSSR count). The van der Waals surface area contributed by atoms with Gasteiger partial charge in [-0.1, -0.05) is 43.2 Å². The van der Waals surface area contributed by atoms with Gasteiger partial charge in [-0.05, 0) is 44.1 Å². The molecule has 1 amide bonds. The van der Waals surface area contributed by atoms with Gasteiger partial charge in [0.25, 0.3) is 0 Å². The van der Waals surface area contributed by atoms with Crippen LogP contribution in [0.15, 0.2) is 24.3 Å². The molecule has 1 saturated carbocycles. The first-order valence-electron chi connectivity index (χ1n) is 8.53. The molecule has 1 unspecified atom stereocenters. The fourth-order valence-corrected chi connectivity index (χ4v) is 3.54. The van der Waals surface area contributed by atoms with Gasteiger partial charge in [0.15, 0.2) is 0 Å². The molecule has 0 bridgehead atoms. The van der Waals surface area contributed by atoms with Gasteiger partial charge in [-0.15, -0.1) is 11.6 Å². The highest BCUT2D eigenvalue weighted by Crippen LogP contribution is 2.35. The number of methoxy groups -OCH3 is 1. The molecule has 0 spiro atoms. The molecule has 0 saturated heterocycles. The minimum atomic E-state index is -0.949. The van der Waals surface area contributed by atoms with Crippen molar-refractivity contribution in [3.05, 3.63) is 35.4 Å². The fraction of sp³-hybridized carbons (Fsp3) is 0.579. The highest BCUT2D eigenvalue weighted by Gasteiger charge is 2.44. The molecule has 1 aliphatic carbocycles. The lowest BCUT2D eigenvalue weighted by atomic mass is 9.75. The SMILES string of the molecule is CCC1CCC(NC(=O)C(Cl)c2ccc(C)cc2)(C(=O)OC)CC1. The van der Waals surface area contributed by atoms with Crippen LogP contribution in [0.25, 0.3) is 0 Å². The number of benzene rings is 1. The number of hydrogen-bond donors (Lipinski definition) is 1. The Morgan fingerprint density at radius 1 is 1.29 bits per heavy atom. The number of aryl methyl sites for hydroxylation is 1. The Hall–Kier alpha value is -1.55. The lowest BCUT2D eigenvalue weighted by Gasteiger charge is -2.38. The number of nitrogens with one attached hydrogen (secondary N) is 1. The van der Waals surface area contributed by atoms with Crippen LogP contribution in [-0.2, 0) is 14.3 Å². The molecule has 132 valence electrons. The first kappa shape index (κ1) is 18.8. The molecule has 0 aromatic heterocycles. The van der Waals surface area contributed by atoms with Gasteiger partial charge in [0.1, 0.15) is 10.9 Å². The van der Waals surface area contributed by atoms with Crippen LogP contribution in [0.1, 0.15) is 55.5 Å². The zero-order valence-corrected chi connectivity index (χ0v) is 15.4. The molecule has 4 nitrogen and oxygen atoms in total. The van der Waals surface area contributed by atoms with E-state index in [1.54, 1.807) is 0 Å². The molecule has 0 radical (unpaired) electrons. The zero-order valence-electron chi connectivity index (χ0n) is 14.6. The number of hydrogen-bond acceptors (Lipinski definition) is 3. The molecule has 1 atom stereocenters. The Labute approximate surface area is 148 Å². The summed E-state index contributed by atoms with van der Waals surface area (Å²) in [6.45, 7) is 4.13. The lowest BCUT2D eigenvalue weighted by Crippen LogP contribution is -2.57. The highest BCUT2D eigenvalue weighted by molar-refractivity contribution is 6.31. The summed E-state index contributed by atoms with van der Waals surface area (Å²) in [4.78, 5) is 25.0. The first-order chi connectivity index (χ1) is 11.4. The molecule has 0 aliphatic heterocycles. The number of carbonyl (C=O) groups is 2. The summed E-state index contributed by atoms with van der Waals surface area (Å²) < 4.78 is 4.97. The van der Waals surface area contributed by atoms with Crippen molar-refractivity contribution in [2.24, 2.45) is 5.92 Å². The van der Waals surface area contributed by atoms with Gasteiger partial charge in [-0.25, -0.2) is 4.79 Å². The molecule has 1 fully saturated rings. The van der Waals surface area contributed by atoms with Crippen LogP contribution in [0, 0.1) is 12.8 Å². The van der Waals surface area contributed by atoms with E-state index in [1.165, 1.54) is 7.11 Å². The van der Waals surface area contributed by atoms with Gasteiger partial charge in [-0.2, -0.15) is 0 Å². The van der Waals surface area contributed by atoms with Crippen molar-refractivity contribution in [3.8, 4) is 0 Å². The van der Waals surface area contributed by atoms with E-state index in [0.717, 1.165) is 30.4 Å². The summed E-state index contributed by atoms with van der Waals surface area (Å²) in [6.07, 6.45) is 4.10. The van der Waals surface area contributed by atoms with Crippen molar-refractivity contribution in [2.75, 3.05) is 7.11 Å². The summed E-state index contributed by atoms with van der Waals surface area (Å²) >= 11 is 6.33. The van der Waals surface area contributed by atoms with Crippen molar-refractivity contribution in [1.82, 2.24) is 5.32 Å². The van der Waals surface area contributed by atoms with Gasteiger partial charge in [0.05, 0.1) is 7.11 Å². The number of alkyl halides is 1. The maximum atomic E-state index is 12.6. The maximum absolute atomic E-state index is 12.6. The van der Waals surface area contributed by atoms with E-state index in [2.05, 4.69) is 12.2 Å². The van der Waals surface area contributed by atoms with E-state index >= 15 is 0 Å². The maximum Gasteiger partial charge on any atom is 0.331 e. The summed E-state index contributed by atoms with van der Waals surface area (Å²) in [5.74, 6) is -0.123. The molecule has 1 aliphatic rings. The number of carbonyl (C=O) groups excluding carboxylic acids is 2. The zero-order chi connectivity index (χ0) is 17.7. The topological polar surface area (TPSA) is 55.4 Å². The van der Waals surface area contributed by atoms with Crippen LogP contribution in [0.4, 0.5) is 0 Å². The fourth-order valence-electron chi connectivity index (χ4n) is 3.34. The van der Waals surface area contributed by atoms with Gasteiger partial charge in [0, 0.05) is 0 Å². The van der Waals surface area contributed by atoms with Crippen LogP contribution in [-0.4, -0.2) is 24.5 Å². The van der Waals surface area contributed by atoms with E-state index < -0.39 is 10.9 Å². The van der Waals surface area contributed by atoms with Crippen molar-refractivity contribution in [3.63, 3.8) is 0 Å². The van der Waals surface area contributed by atoms with E-state index in [9.17, 15) is 9.59 Å². The molecule has 0 heterocycles. The average molecular weight is 352 g/mol. The second-order valence-electron chi connectivity index (χ2n) is 6.69. The Balaban J connectivity index is 2.13. The van der Waals surface area contributed by atoms with Gasteiger partial charge in [0.2, 0.25) is 5.91 Å². The average Bonchev–Trinajstić information content (AvgIpc) is 2.61. The Bertz CT molecular complexity index is 577. The van der Waals surface area contributed by atoms with Crippen LogP contribution in [0.5, 0.6) is 0 Å². The number of halogens is 1. The van der Waals surface area contributed by atoms with E-state index in [-0.39, 0.29) is 11.9 Å². The summed E-state index contributed by atoms with van der Waals surface area (Å²) in [5.41, 5.74) is 0.879. The number of amides is 1. The Kier molecular flexibility index (Phi) is 6.27. The van der Waals surface area contributed by atoms with Crippen LogP contribution in [0.3, 0.4) is 0 Å². The molecular formula is C19H26ClNO3. The third kappa shape index (κ3) is 4.10. The number of esters is 1. The van der Waals surface area contributed by atoms with Gasteiger partial charge >= 0.3 is 5.97 Å². The third-order valence-corrected chi connectivity index (χ3v) is 5.53. The monoisotopic (exact) mass is 351 g/mol. The second-order valence-corrected chi connectivity index (χ2v) is 7.12. The van der Waals surface area contributed by atoms with E-state index in [1.807, 2.05) is 31.2 Å². The van der Waals surface area contributed by atoms with Gasteiger partial charge in [-0.3, -0.25) is 4.79 Å². The molecule has 24 heavy (non-hydrogen) atoms. The number of rotatable bonds is 5. The Morgan fingerprint density at radius 2 is 1.88 bits per heavy atom. The smallest absolute Gasteiger partial charge is 0.331 e. The molecule has 1 aromatic rings. The Morgan fingerprint density at radius 3 is 2.38 bits per heavy atom. The van der Waals surface area contributed by atoms with Crippen molar-refractivity contribution in [1.29, 1.82) is 0 Å². The van der Waals surface area contributed by atoms with Crippen LogP contribution < -0.4 is 5.32 Å². The largest absolute Gasteiger partial charge is 0.467 e. The molecular weight excluding hydrogens is 326 g/mol. The van der Waals surface area contributed by atoms with E-state index in [0.29, 0.717) is 18.8 Å². The molecule has 5 heteroatoms. The number of ether oxygens (including phenoxy) is 1. The second kappa shape index (κ2) is 8.02. The van der Waals surface area contributed by atoms with Crippen molar-refractivity contribution < 1.29 is 14.3 Å². The minimum Gasteiger partial charge on any atom is -0.467 e. The standard InChI is InChI=1S/C19H26ClNO3/c1-4-14-9-11-19(12-10-14,18(23)24-3)21-17(22)16(20)15-7-5-13(2)6-8-15/h5-8,14,16H,4,9-12H2,1-3H3,(H,21,22). The van der Waals surface area contributed by atoms with Crippen molar-refractivity contribution in [2.45, 2.75) is 56.9 Å². The summed E-state index contributed by atoms with van der Waals surface area (Å²) in [6, 6.07) is 7.51. The predicted octanol–water partition coefficient (Wildman–Crippen LogP) is 3.90. The quantitative estimate of drug-likeness (QED) is 0.646.